The van der Waals surface area contributed by atoms with Gasteiger partial charge in [0, 0.05) is 38.1 Å². The molecule has 0 aliphatic carbocycles. The number of esters is 2. The fourth-order valence-electron chi connectivity index (χ4n) is 15.3. The summed E-state index contributed by atoms with van der Waals surface area (Å²) in [5, 5.41) is 12.2. The number of unbranched alkanes of at least 4 members (excludes halogenated alkanes) is 28. The standard InChI is InChI=1S/C74H121N15O24P4S2/c1-4-6-8-10-12-14-16-18-20-22-24-26-28-30-32-35-54(90)102-39-41-118-116(97,98)106-44-53-60(101-3)62(72(109-53)88-50-85-57-66(76)79-47-82-69(57)88)112-114(93,94)105-43-52-59(92)61(71(108-52)87-49-84-56-65(75)78-46-81-68(56)87)111-115(95,96)107-45-74-37-34-38-104-64(74)63(73(110-74)89-51-86-58-67(77)80-48-83-70(58)89)113-117(99,100)119-42-40-103-55(91)36-33-31-29-27-25-23-21-19-17-15-13-11-9-7-5-2/h46-53,59-64,71-73,92H,4-45H2,1-3H3,(H,93,94)(H,95,96)(H,97,98)(H,99,100)(H2,75,78,81)(H2,76,79,82)(H2,77,80,83)/t52-,53-,59?,60?,61+,62+,63+,64?,71-,72-,73-,74-/m1/s1. The van der Waals surface area contributed by atoms with Crippen LogP contribution in [-0.4, -0.2) is 208 Å². The van der Waals surface area contributed by atoms with Crippen molar-refractivity contribution in [3.63, 3.8) is 0 Å². The van der Waals surface area contributed by atoms with Crippen molar-refractivity contribution in [2.75, 3.05) is 75.5 Å². The SMILES string of the molecule is CCCCCCCCCCCCCCCCCC(=O)OCCSP(=O)(O)OC[C@H]1O[C@@H](n2cnc3c(N)ncnc32)[C@@H](OP(=O)(O)OC[C@H]2O[C@@H](n3cnc4c(N)ncnc43)[C@@H](OP(=O)(O)OC[C@]34CCCOC3[C@H](OP(=O)(O)SCCOC(=O)CCCCCCCCCCCCCCCCC)[C@H](n3cnc5c(N)ncnc53)O4)C2O)C1OC. The van der Waals surface area contributed by atoms with Gasteiger partial charge >= 0.3 is 41.2 Å². The summed E-state index contributed by atoms with van der Waals surface area (Å²) in [6.45, 7) is -7.65. The molecule has 4 aliphatic heterocycles. The first-order valence-corrected chi connectivity index (χ1v) is 51.2. The molecule has 4 aliphatic rings. The number of anilines is 3. The van der Waals surface area contributed by atoms with E-state index < -0.39 is 134 Å². The summed E-state index contributed by atoms with van der Waals surface area (Å²) in [6, 6.07) is 0. The third-order valence-corrected chi connectivity index (χ3v) is 29.5. The molecule has 0 amide bonds. The maximum Gasteiger partial charge on any atom is 0.472 e. The van der Waals surface area contributed by atoms with Gasteiger partial charge in [-0.1, -0.05) is 194 Å². The molecule has 119 heavy (non-hydrogen) atoms. The molecule has 6 aromatic rings. The zero-order chi connectivity index (χ0) is 84.8. The number of aliphatic hydroxyl groups excluding tert-OH is 1. The molecule has 4 saturated heterocycles. The number of methoxy groups -OCH3 is 1. The van der Waals surface area contributed by atoms with Gasteiger partial charge in [0.1, 0.15) is 103 Å². The molecule has 0 aromatic carbocycles. The molecular formula is C74H121N15O24P4S2. The van der Waals surface area contributed by atoms with Crippen molar-refractivity contribution in [1.29, 1.82) is 0 Å². The fraction of sp³-hybridized carbons (Fsp3) is 0.770. The first-order chi connectivity index (χ1) is 57.4. The summed E-state index contributed by atoms with van der Waals surface area (Å²) in [6.07, 6.45) is 25.6. The van der Waals surface area contributed by atoms with E-state index in [1.54, 1.807) is 0 Å². The Bertz CT molecular complexity index is 4320. The minimum Gasteiger partial charge on any atom is -0.465 e. The average molecular weight is 1790 g/mol. The third-order valence-electron chi connectivity index (χ3n) is 21.6. The summed E-state index contributed by atoms with van der Waals surface area (Å²) >= 11 is 1.01. The molecule has 4 fully saturated rings. The Morgan fingerprint density at radius 2 is 0.882 bits per heavy atom. The summed E-state index contributed by atoms with van der Waals surface area (Å²) in [7, 11) is -9.82. The molecule has 7 unspecified atom stereocenters. The number of ether oxygens (including phenoxy) is 7. The Balaban J connectivity index is 0.744. The number of carbonyl (C=O) groups is 2. The fourth-order valence-corrected chi connectivity index (χ4v) is 21.7. The number of imidazole rings is 3. The molecule has 11 N–H and O–H groups in total. The lowest BCUT2D eigenvalue weighted by molar-refractivity contribution is -0.165. The highest BCUT2D eigenvalue weighted by Crippen LogP contribution is 2.62. The van der Waals surface area contributed by atoms with E-state index in [0.717, 1.165) is 63.9 Å². The van der Waals surface area contributed by atoms with Crippen LogP contribution >= 0.6 is 52.0 Å². The molecule has 0 radical (unpaired) electrons. The highest BCUT2D eigenvalue weighted by molar-refractivity contribution is 8.55. The molecule has 10 heterocycles. The molecule has 16 atom stereocenters. The summed E-state index contributed by atoms with van der Waals surface area (Å²) < 4.78 is 138. The second kappa shape index (κ2) is 47.9. The first-order valence-electron chi connectivity index (χ1n) is 41.9. The number of aromatic nitrogens is 12. The van der Waals surface area contributed by atoms with E-state index in [0.29, 0.717) is 35.6 Å². The van der Waals surface area contributed by atoms with Crippen LogP contribution in [0.1, 0.15) is 251 Å². The Morgan fingerprint density at radius 1 is 0.487 bits per heavy atom. The van der Waals surface area contributed by atoms with E-state index in [2.05, 4.69) is 58.7 Å². The normalized spacial score (nSPS) is 24.7. The van der Waals surface area contributed by atoms with Crippen molar-refractivity contribution in [2.45, 2.75) is 305 Å². The van der Waals surface area contributed by atoms with Crippen LogP contribution in [0.5, 0.6) is 0 Å². The predicted molar refractivity (Wildman–Crippen MR) is 443 cm³/mol. The number of nitrogens with zero attached hydrogens (tertiary/aromatic N) is 12. The largest absolute Gasteiger partial charge is 0.472 e. The van der Waals surface area contributed by atoms with Gasteiger partial charge in [-0.25, -0.2) is 63.1 Å². The molecule has 0 bridgehead atoms. The zero-order valence-corrected chi connectivity index (χ0v) is 73.4. The van der Waals surface area contributed by atoms with Gasteiger partial charge in [0.2, 0.25) is 0 Å². The first kappa shape index (κ1) is 96.2. The van der Waals surface area contributed by atoms with Gasteiger partial charge in [-0.3, -0.25) is 50.4 Å². The molecule has 39 nitrogen and oxygen atoms in total. The monoisotopic (exact) mass is 1790 g/mol. The van der Waals surface area contributed by atoms with Crippen molar-refractivity contribution < 1.29 is 113 Å². The predicted octanol–water partition coefficient (Wildman–Crippen LogP) is 13.6. The molecule has 45 heteroatoms. The van der Waals surface area contributed by atoms with E-state index in [1.165, 1.54) is 175 Å². The topological polar surface area (TPSA) is 532 Å². The van der Waals surface area contributed by atoms with Crippen LogP contribution in [0, 0.1) is 0 Å². The van der Waals surface area contributed by atoms with Gasteiger partial charge in [0.25, 0.3) is 0 Å². The van der Waals surface area contributed by atoms with Crippen LogP contribution in [0.25, 0.3) is 33.5 Å². The second-order valence-corrected chi connectivity index (χ2v) is 41.3. The number of fused-ring (bicyclic) bond motifs is 4. The quantitative estimate of drug-likeness (QED) is 0.00998. The minimum atomic E-state index is -5.55. The number of phosphoric acid groups is 2. The van der Waals surface area contributed by atoms with Gasteiger partial charge in [-0.15, -0.1) is 0 Å². The number of nitrogen functional groups attached to an aromatic ring is 3. The molecular weight excluding hydrogens is 1670 g/mol. The number of nitrogens with two attached hydrogens (primary N) is 3. The Hall–Kier alpha value is -5.03. The van der Waals surface area contributed by atoms with Crippen molar-refractivity contribution in [3.05, 3.63) is 38.0 Å². The second-order valence-electron chi connectivity index (χ2n) is 30.5. The van der Waals surface area contributed by atoms with Crippen molar-refractivity contribution in [3.8, 4) is 0 Å². The molecule has 6 aromatic heterocycles. The highest BCUT2D eigenvalue weighted by atomic mass is 32.7. The average Bonchev–Trinajstić information content (AvgIpc) is 1.58. The number of hydrogen-bond acceptors (Lipinski definition) is 34. The van der Waals surface area contributed by atoms with Crippen LogP contribution in [-0.2, 0) is 88.1 Å². The Morgan fingerprint density at radius 3 is 1.34 bits per heavy atom. The lowest BCUT2D eigenvalue weighted by atomic mass is 9.89. The van der Waals surface area contributed by atoms with Gasteiger partial charge in [-0.2, -0.15) is 0 Å². The maximum absolute atomic E-state index is 14.7. The van der Waals surface area contributed by atoms with Gasteiger partial charge in [0.05, 0.1) is 38.8 Å². The molecule has 0 spiro atoms. The Kier molecular flexibility index (Phi) is 38.7. The van der Waals surface area contributed by atoms with Crippen molar-refractivity contribution >= 4 is 115 Å². The summed E-state index contributed by atoms with van der Waals surface area (Å²) in [5.41, 5.74) is 17.1. The van der Waals surface area contributed by atoms with Gasteiger partial charge in [0.15, 0.2) is 53.1 Å². The molecule has 668 valence electrons. The van der Waals surface area contributed by atoms with E-state index in [1.807, 2.05) is 0 Å². The van der Waals surface area contributed by atoms with E-state index in [9.17, 15) is 52.5 Å². The Labute approximate surface area is 701 Å². The number of phosphoric ester groups is 2. The van der Waals surface area contributed by atoms with Crippen LogP contribution in [0.2, 0.25) is 0 Å². The van der Waals surface area contributed by atoms with Crippen LogP contribution in [0.3, 0.4) is 0 Å². The van der Waals surface area contributed by atoms with Crippen molar-refractivity contribution in [1.82, 2.24) is 58.6 Å². The van der Waals surface area contributed by atoms with Crippen LogP contribution < -0.4 is 17.2 Å². The number of carbonyl (C=O) groups excluding carboxylic acids is 2. The molecule has 10 rings (SSSR count). The number of hydrogen-bond donors (Lipinski definition) is 8. The lowest BCUT2D eigenvalue weighted by Crippen LogP contribution is -2.51. The maximum atomic E-state index is 14.7. The number of aliphatic hydroxyl groups is 1. The zero-order valence-electron chi connectivity index (χ0n) is 68.2. The smallest absolute Gasteiger partial charge is 0.465 e. The lowest BCUT2D eigenvalue weighted by Gasteiger charge is -2.38. The summed E-state index contributed by atoms with van der Waals surface area (Å²) in [5.74, 6) is -1.25. The third kappa shape index (κ3) is 28.5. The van der Waals surface area contributed by atoms with Crippen LogP contribution in [0.15, 0.2) is 38.0 Å². The minimum absolute atomic E-state index is 0.00795. The van der Waals surface area contributed by atoms with Gasteiger partial charge < -0.3 is 75.0 Å². The molecule has 0 saturated carbocycles. The van der Waals surface area contributed by atoms with E-state index >= 15 is 0 Å². The van der Waals surface area contributed by atoms with Crippen molar-refractivity contribution in [2.24, 2.45) is 0 Å². The van der Waals surface area contributed by atoms with E-state index in [-0.39, 0.29) is 108 Å². The van der Waals surface area contributed by atoms with Crippen LogP contribution in [0.4, 0.5) is 17.5 Å². The van der Waals surface area contributed by atoms with E-state index in [4.69, 9.17) is 77.5 Å². The number of rotatable bonds is 59. The van der Waals surface area contributed by atoms with Gasteiger partial charge in [-0.05, 0) is 48.4 Å². The summed E-state index contributed by atoms with van der Waals surface area (Å²) in [4.78, 5) is 109. The highest BCUT2D eigenvalue weighted by Gasteiger charge is 2.62.